The van der Waals surface area contributed by atoms with E-state index in [1.54, 1.807) is 18.2 Å². The summed E-state index contributed by atoms with van der Waals surface area (Å²) in [4.78, 5) is 0.859. The molecular weight excluding hydrogens is 248 g/mol. The number of aliphatic hydroxyl groups is 1. The molecule has 0 aliphatic carbocycles. The number of nitrogens with two attached hydrogens (primary N) is 1. The third-order valence-electron chi connectivity index (χ3n) is 1.92. The highest BCUT2D eigenvalue weighted by Crippen LogP contribution is 2.30. The third kappa shape index (κ3) is 3.30. The molecule has 0 spiro atoms. The first-order valence-electron chi connectivity index (χ1n) is 4.63. The van der Waals surface area contributed by atoms with Crippen LogP contribution >= 0.6 is 23.4 Å². The SMILES string of the molecule is CC(CO)Sc1ccc(/C(N)=N/O)cc1Cl. The van der Waals surface area contributed by atoms with Gasteiger partial charge in [0.15, 0.2) is 5.84 Å². The Labute approximate surface area is 103 Å². The van der Waals surface area contributed by atoms with Crippen molar-refractivity contribution in [2.75, 3.05) is 6.61 Å². The van der Waals surface area contributed by atoms with Crippen molar-refractivity contribution in [2.24, 2.45) is 10.9 Å². The lowest BCUT2D eigenvalue weighted by atomic mass is 10.2. The number of rotatable bonds is 4. The average molecular weight is 261 g/mol. The Morgan fingerprint density at radius 2 is 2.31 bits per heavy atom. The van der Waals surface area contributed by atoms with Gasteiger partial charge in [-0.1, -0.05) is 23.7 Å². The highest BCUT2D eigenvalue weighted by atomic mass is 35.5. The number of halogens is 1. The van der Waals surface area contributed by atoms with Crippen LogP contribution in [0.15, 0.2) is 28.3 Å². The van der Waals surface area contributed by atoms with Crippen molar-refractivity contribution >= 4 is 29.2 Å². The molecule has 0 radical (unpaired) electrons. The van der Waals surface area contributed by atoms with Crippen LogP contribution in [0.5, 0.6) is 0 Å². The summed E-state index contributed by atoms with van der Waals surface area (Å²) in [7, 11) is 0. The van der Waals surface area contributed by atoms with Gasteiger partial charge in [0, 0.05) is 15.7 Å². The minimum absolute atomic E-state index is 0.0219. The van der Waals surface area contributed by atoms with Crippen molar-refractivity contribution < 1.29 is 10.3 Å². The zero-order valence-corrected chi connectivity index (χ0v) is 10.3. The van der Waals surface area contributed by atoms with Gasteiger partial charge in [-0.15, -0.1) is 11.8 Å². The summed E-state index contributed by atoms with van der Waals surface area (Å²) in [5, 5.41) is 20.9. The topological polar surface area (TPSA) is 78.8 Å². The van der Waals surface area contributed by atoms with E-state index < -0.39 is 0 Å². The maximum absolute atomic E-state index is 8.93. The van der Waals surface area contributed by atoms with E-state index >= 15 is 0 Å². The first kappa shape index (κ1) is 13.2. The summed E-state index contributed by atoms with van der Waals surface area (Å²) in [6, 6.07) is 5.13. The Balaban J connectivity index is 2.92. The Morgan fingerprint density at radius 1 is 1.62 bits per heavy atom. The number of hydrogen-bond donors (Lipinski definition) is 3. The molecule has 1 aromatic carbocycles. The second-order valence-corrected chi connectivity index (χ2v) is 5.13. The largest absolute Gasteiger partial charge is 0.409 e. The van der Waals surface area contributed by atoms with Gasteiger partial charge in [0.2, 0.25) is 0 Å². The van der Waals surface area contributed by atoms with E-state index in [-0.39, 0.29) is 17.7 Å². The molecule has 4 nitrogen and oxygen atoms in total. The summed E-state index contributed by atoms with van der Waals surface area (Å²) in [5.74, 6) is 0.0219. The molecule has 1 aromatic rings. The standard InChI is InChI=1S/C10H13ClN2O2S/c1-6(5-14)16-9-3-2-7(4-8(9)11)10(12)13-15/h2-4,6,14-15H,5H2,1H3,(H2,12,13). The van der Waals surface area contributed by atoms with Gasteiger partial charge in [0.05, 0.1) is 11.6 Å². The Bertz CT molecular complexity index is 398. The summed E-state index contributed by atoms with van der Waals surface area (Å²) >= 11 is 7.51. The van der Waals surface area contributed by atoms with Crippen molar-refractivity contribution in [3.8, 4) is 0 Å². The molecule has 16 heavy (non-hydrogen) atoms. The molecule has 0 aromatic heterocycles. The van der Waals surface area contributed by atoms with E-state index in [2.05, 4.69) is 5.16 Å². The predicted molar refractivity (Wildman–Crippen MR) is 66.4 cm³/mol. The van der Waals surface area contributed by atoms with Gasteiger partial charge in [-0.25, -0.2) is 0 Å². The Morgan fingerprint density at radius 3 is 2.81 bits per heavy atom. The van der Waals surface area contributed by atoms with Crippen LogP contribution in [0.4, 0.5) is 0 Å². The molecule has 0 saturated carbocycles. The number of thioether (sulfide) groups is 1. The molecule has 0 bridgehead atoms. The van der Waals surface area contributed by atoms with Gasteiger partial charge in [0.25, 0.3) is 0 Å². The number of oxime groups is 1. The van der Waals surface area contributed by atoms with Gasteiger partial charge < -0.3 is 16.0 Å². The fourth-order valence-corrected chi connectivity index (χ4v) is 2.21. The fraction of sp³-hybridized carbons (Fsp3) is 0.300. The number of benzene rings is 1. The van der Waals surface area contributed by atoms with E-state index in [1.165, 1.54) is 11.8 Å². The quantitative estimate of drug-likeness (QED) is 0.254. The lowest BCUT2D eigenvalue weighted by Gasteiger charge is -2.10. The summed E-state index contributed by atoms with van der Waals surface area (Å²) < 4.78 is 0. The number of amidine groups is 1. The molecule has 1 unspecified atom stereocenters. The van der Waals surface area contributed by atoms with Crippen LogP contribution in [0.1, 0.15) is 12.5 Å². The van der Waals surface area contributed by atoms with Crippen LogP contribution < -0.4 is 5.73 Å². The second kappa shape index (κ2) is 5.98. The van der Waals surface area contributed by atoms with Gasteiger partial charge in [-0.2, -0.15) is 0 Å². The average Bonchev–Trinajstić information content (AvgIpc) is 2.30. The molecule has 0 amide bonds. The minimum Gasteiger partial charge on any atom is -0.409 e. The van der Waals surface area contributed by atoms with Crippen LogP contribution in [0.3, 0.4) is 0 Å². The number of nitrogens with zero attached hydrogens (tertiary/aromatic N) is 1. The molecule has 1 atom stereocenters. The lowest BCUT2D eigenvalue weighted by molar-refractivity contribution is 0.300. The molecule has 0 heterocycles. The molecule has 0 aliphatic heterocycles. The van der Waals surface area contributed by atoms with E-state index in [0.29, 0.717) is 10.6 Å². The van der Waals surface area contributed by atoms with Gasteiger partial charge >= 0.3 is 0 Å². The molecule has 6 heteroatoms. The predicted octanol–water partition coefficient (Wildman–Crippen LogP) is 1.91. The normalized spacial score (nSPS) is 13.8. The Kier molecular flexibility index (Phi) is 4.92. The van der Waals surface area contributed by atoms with E-state index in [1.807, 2.05) is 6.92 Å². The zero-order valence-electron chi connectivity index (χ0n) is 8.72. The third-order valence-corrected chi connectivity index (χ3v) is 3.51. The number of hydrogen-bond acceptors (Lipinski definition) is 4. The van der Waals surface area contributed by atoms with Crippen LogP contribution in [0.2, 0.25) is 5.02 Å². The van der Waals surface area contributed by atoms with Crippen LogP contribution in [-0.4, -0.2) is 28.0 Å². The molecule has 1 rings (SSSR count). The smallest absolute Gasteiger partial charge is 0.170 e. The maximum atomic E-state index is 8.93. The first-order valence-corrected chi connectivity index (χ1v) is 5.89. The van der Waals surface area contributed by atoms with E-state index in [4.69, 9.17) is 27.6 Å². The van der Waals surface area contributed by atoms with Gasteiger partial charge in [0.1, 0.15) is 0 Å². The molecule has 0 fully saturated rings. The monoisotopic (exact) mass is 260 g/mol. The second-order valence-electron chi connectivity index (χ2n) is 3.24. The van der Waals surface area contributed by atoms with Gasteiger partial charge in [-0.05, 0) is 18.2 Å². The summed E-state index contributed by atoms with van der Waals surface area (Å²) in [6.07, 6.45) is 0. The minimum atomic E-state index is 0.0219. The fourth-order valence-electron chi connectivity index (χ4n) is 1.07. The van der Waals surface area contributed by atoms with Crippen molar-refractivity contribution in [3.05, 3.63) is 28.8 Å². The first-order chi connectivity index (χ1) is 7.58. The van der Waals surface area contributed by atoms with Gasteiger partial charge in [-0.3, -0.25) is 0 Å². The molecule has 88 valence electrons. The number of aliphatic hydroxyl groups excluding tert-OH is 1. The van der Waals surface area contributed by atoms with Crippen molar-refractivity contribution in [2.45, 2.75) is 17.1 Å². The highest BCUT2D eigenvalue weighted by Gasteiger charge is 2.08. The molecule has 0 saturated heterocycles. The van der Waals surface area contributed by atoms with E-state index in [0.717, 1.165) is 4.90 Å². The lowest BCUT2D eigenvalue weighted by Crippen LogP contribution is -2.13. The Hall–Kier alpha value is -0.910. The van der Waals surface area contributed by atoms with Crippen LogP contribution in [0, 0.1) is 0 Å². The van der Waals surface area contributed by atoms with E-state index in [9.17, 15) is 0 Å². The van der Waals surface area contributed by atoms with Crippen LogP contribution in [0.25, 0.3) is 0 Å². The molecular formula is C10H13ClN2O2S. The summed E-state index contributed by atoms with van der Waals surface area (Å²) in [5.41, 5.74) is 6.00. The highest BCUT2D eigenvalue weighted by molar-refractivity contribution is 8.00. The van der Waals surface area contributed by atoms with Crippen LogP contribution in [-0.2, 0) is 0 Å². The molecule has 4 N–H and O–H groups in total. The van der Waals surface area contributed by atoms with Crippen molar-refractivity contribution in [1.29, 1.82) is 0 Å². The van der Waals surface area contributed by atoms with Crippen molar-refractivity contribution in [1.82, 2.24) is 0 Å². The zero-order chi connectivity index (χ0) is 12.1. The maximum Gasteiger partial charge on any atom is 0.170 e. The van der Waals surface area contributed by atoms with Crippen molar-refractivity contribution in [3.63, 3.8) is 0 Å². The molecule has 0 aliphatic rings. The summed E-state index contributed by atoms with van der Waals surface area (Å²) in [6.45, 7) is 1.99.